The van der Waals surface area contributed by atoms with Crippen LogP contribution < -0.4 is 10.5 Å². The molecule has 0 bridgehead atoms. The highest BCUT2D eigenvalue weighted by atomic mass is 35.5. The summed E-state index contributed by atoms with van der Waals surface area (Å²) in [6.07, 6.45) is 1.83. The molecule has 1 unspecified atom stereocenters. The second kappa shape index (κ2) is 11.1. The van der Waals surface area contributed by atoms with Gasteiger partial charge in [-0.2, -0.15) is 0 Å². The van der Waals surface area contributed by atoms with Gasteiger partial charge in [0.15, 0.2) is 0 Å². The van der Waals surface area contributed by atoms with Crippen molar-refractivity contribution in [2.75, 3.05) is 19.9 Å². The van der Waals surface area contributed by atoms with Gasteiger partial charge in [0.05, 0.1) is 7.11 Å². The highest BCUT2D eigenvalue weighted by molar-refractivity contribution is 5.85. The first-order valence-electron chi connectivity index (χ1n) is 9.98. The molecule has 0 spiro atoms. The first-order chi connectivity index (χ1) is 14.1. The van der Waals surface area contributed by atoms with Crippen molar-refractivity contribution < 1.29 is 4.74 Å². The molecule has 0 saturated heterocycles. The number of methoxy groups -OCH3 is 1. The van der Waals surface area contributed by atoms with E-state index in [1.165, 1.54) is 22.3 Å². The predicted octanol–water partition coefficient (Wildman–Crippen LogP) is 5.69. The number of nitrogens with zero attached hydrogens (tertiary/aromatic N) is 2. The van der Waals surface area contributed by atoms with Crippen molar-refractivity contribution >= 4 is 36.3 Å². The number of benzene rings is 3. The quantitative estimate of drug-likeness (QED) is 0.500. The minimum Gasteiger partial charge on any atom is -0.497 e. The lowest BCUT2D eigenvalue weighted by atomic mass is 9.95. The molecule has 3 aromatic rings. The number of aryl methyl sites for hydroxylation is 1. The molecule has 164 valence electrons. The van der Waals surface area contributed by atoms with E-state index in [4.69, 9.17) is 15.5 Å². The summed E-state index contributed by atoms with van der Waals surface area (Å²) in [5.41, 5.74) is 11.7. The maximum atomic E-state index is 5.82. The third-order valence-electron chi connectivity index (χ3n) is 5.52. The van der Waals surface area contributed by atoms with E-state index in [0.29, 0.717) is 0 Å². The Bertz CT molecular complexity index is 1000. The third kappa shape index (κ3) is 5.72. The summed E-state index contributed by atoms with van der Waals surface area (Å²) < 4.78 is 5.33. The molecule has 2 N–H and O–H groups in total. The zero-order valence-corrected chi connectivity index (χ0v) is 19.5. The monoisotopic (exact) mass is 457 g/mol. The van der Waals surface area contributed by atoms with Crippen LogP contribution in [0.15, 0.2) is 77.8 Å². The second-order valence-electron chi connectivity index (χ2n) is 7.52. The number of nitrogens with two attached hydrogens (primary N) is 1. The molecule has 0 amide bonds. The van der Waals surface area contributed by atoms with E-state index in [0.717, 1.165) is 36.7 Å². The molecule has 4 nitrogen and oxygen atoms in total. The van der Waals surface area contributed by atoms with Gasteiger partial charge in [-0.05, 0) is 52.9 Å². The Labute approximate surface area is 197 Å². The fourth-order valence-corrected chi connectivity index (χ4v) is 3.84. The lowest BCUT2D eigenvalue weighted by Gasteiger charge is -2.20. The summed E-state index contributed by atoms with van der Waals surface area (Å²) in [7, 11) is 3.83. The van der Waals surface area contributed by atoms with Crippen LogP contribution in [0.3, 0.4) is 0 Å². The maximum absolute atomic E-state index is 5.82. The summed E-state index contributed by atoms with van der Waals surface area (Å²) >= 11 is 0. The van der Waals surface area contributed by atoms with Gasteiger partial charge in [0.25, 0.3) is 0 Å². The largest absolute Gasteiger partial charge is 0.497 e. The zero-order chi connectivity index (χ0) is 20.2. The van der Waals surface area contributed by atoms with Crippen LogP contribution in [0.2, 0.25) is 0 Å². The van der Waals surface area contributed by atoms with Gasteiger partial charge in [0.2, 0.25) is 0 Å². The smallest absolute Gasteiger partial charge is 0.118 e. The van der Waals surface area contributed by atoms with E-state index in [1.807, 2.05) is 24.3 Å². The van der Waals surface area contributed by atoms with Crippen molar-refractivity contribution in [1.82, 2.24) is 4.90 Å². The molecule has 0 radical (unpaired) electrons. The molecular formula is C25H29Cl2N3O. The Kier molecular flexibility index (Phi) is 8.78. The first-order valence-corrected chi connectivity index (χ1v) is 9.98. The Hall–Kier alpha value is -2.69. The first kappa shape index (κ1) is 24.6. The average molecular weight is 458 g/mol. The fourth-order valence-electron chi connectivity index (χ4n) is 3.84. The van der Waals surface area contributed by atoms with Crippen LogP contribution in [0.25, 0.3) is 0 Å². The lowest BCUT2D eigenvalue weighted by Crippen LogP contribution is -2.26. The van der Waals surface area contributed by atoms with E-state index < -0.39 is 0 Å². The van der Waals surface area contributed by atoms with Gasteiger partial charge in [-0.3, -0.25) is 4.99 Å². The van der Waals surface area contributed by atoms with Crippen LogP contribution in [0.4, 0.5) is 5.69 Å². The van der Waals surface area contributed by atoms with E-state index in [1.54, 1.807) is 7.11 Å². The molecule has 6 heteroatoms. The van der Waals surface area contributed by atoms with E-state index >= 15 is 0 Å². The Morgan fingerprint density at radius 1 is 0.935 bits per heavy atom. The Morgan fingerprint density at radius 3 is 2.29 bits per heavy atom. The highest BCUT2D eigenvalue weighted by Gasteiger charge is 2.23. The SMILES string of the molecule is COc1ccc(C2N=C(CCc3ccc(N)cc3)N(C)Cc3ccccc32)cc1.Cl.Cl. The predicted molar refractivity (Wildman–Crippen MR) is 134 cm³/mol. The zero-order valence-electron chi connectivity index (χ0n) is 17.8. The summed E-state index contributed by atoms with van der Waals surface area (Å²) in [5, 5.41) is 0. The summed E-state index contributed by atoms with van der Waals surface area (Å²) in [6.45, 7) is 0.864. The number of hydrogen-bond donors (Lipinski definition) is 1. The third-order valence-corrected chi connectivity index (χ3v) is 5.52. The molecule has 1 atom stereocenters. The van der Waals surface area contributed by atoms with E-state index in [9.17, 15) is 0 Å². The van der Waals surface area contributed by atoms with Crippen LogP contribution in [-0.4, -0.2) is 24.9 Å². The summed E-state index contributed by atoms with van der Waals surface area (Å²) in [6, 6.07) is 25.0. The van der Waals surface area contributed by atoms with Crippen molar-refractivity contribution in [3.05, 3.63) is 95.1 Å². The Balaban J connectivity index is 0.00000171. The van der Waals surface area contributed by atoms with Crippen molar-refractivity contribution in [2.45, 2.75) is 25.4 Å². The van der Waals surface area contributed by atoms with Gasteiger partial charge in [-0.25, -0.2) is 0 Å². The molecule has 3 aromatic carbocycles. The van der Waals surface area contributed by atoms with Crippen molar-refractivity contribution in [1.29, 1.82) is 0 Å². The van der Waals surface area contributed by atoms with Crippen molar-refractivity contribution in [2.24, 2.45) is 4.99 Å². The molecule has 31 heavy (non-hydrogen) atoms. The van der Waals surface area contributed by atoms with Crippen molar-refractivity contribution in [3.8, 4) is 5.75 Å². The number of ether oxygens (including phenoxy) is 1. The van der Waals surface area contributed by atoms with E-state index in [2.05, 4.69) is 60.5 Å². The number of rotatable bonds is 5. The molecular weight excluding hydrogens is 429 g/mol. The van der Waals surface area contributed by atoms with Crippen LogP contribution in [0.1, 0.15) is 34.7 Å². The standard InChI is InChI=1S/C25H27N3O.2ClH/c1-28-17-20-5-3-4-6-23(20)25(19-10-14-22(29-2)15-11-19)27-24(28)16-9-18-7-12-21(26)13-8-18;;/h3-8,10-15,25H,9,16-17,26H2,1-2H3;2*1H. The number of nitrogen functional groups attached to an aromatic ring is 1. The van der Waals surface area contributed by atoms with Gasteiger partial charge in [-0.1, -0.05) is 48.5 Å². The number of hydrogen-bond acceptors (Lipinski definition) is 4. The molecule has 1 heterocycles. The number of aliphatic imine (C=N–C) groups is 1. The lowest BCUT2D eigenvalue weighted by molar-refractivity contribution is 0.414. The van der Waals surface area contributed by atoms with Crippen LogP contribution >= 0.6 is 24.8 Å². The maximum Gasteiger partial charge on any atom is 0.118 e. The molecule has 0 aliphatic carbocycles. The van der Waals surface area contributed by atoms with Gasteiger partial charge in [-0.15, -0.1) is 24.8 Å². The minimum absolute atomic E-state index is 0. The summed E-state index contributed by atoms with van der Waals surface area (Å²) in [4.78, 5) is 7.51. The number of fused-ring (bicyclic) bond motifs is 1. The van der Waals surface area contributed by atoms with Crippen LogP contribution in [0.5, 0.6) is 5.75 Å². The Morgan fingerprint density at radius 2 is 1.61 bits per heavy atom. The normalized spacial score (nSPS) is 15.0. The molecule has 1 aliphatic heterocycles. The van der Waals surface area contributed by atoms with Gasteiger partial charge in [0, 0.05) is 25.7 Å². The number of anilines is 1. The topological polar surface area (TPSA) is 50.9 Å². The van der Waals surface area contributed by atoms with Gasteiger partial charge >= 0.3 is 0 Å². The summed E-state index contributed by atoms with van der Waals surface area (Å²) in [5.74, 6) is 1.99. The van der Waals surface area contributed by atoms with Crippen LogP contribution in [-0.2, 0) is 13.0 Å². The molecule has 0 saturated carbocycles. The highest BCUT2D eigenvalue weighted by Crippen LogP contribution is 2.33. The number of amidine groups is 1. The van der Waals surface area contributed by atoms with Crippen molar-refractivity contribution in [3.63, 3.8) is 0 Å². The molecule has 0 aromatic heterocycles. The second-order valence-corrected chi connectivity index (χ2v) is 7.52. The molecule has 4 rings (SSSR count). The van der Waals surface area contributed by atoms with Crippen LogP contribution in [0, 0.1) is 0 Å². The van der Waals surface area contributed by atoms with Gasteiger partial charge in [0.1, 0.15) is 17.6 Å². The van der Waals surface area contributed by atoms with E-state index in [-0.39, 0.29) is 30.9 Å². The number of halogens is 2. The molecule has 1 aliphatic rings. The fraction of sp³-hybridized carbons (Fsp3) is 0.240. The van der Waals surface area contributed by atoms with Gasteiger partial charge < -0.3 is 15.4 Å². The average Bonchev–Trinajstić information content (AvgIpc) is 2.89. The minimum atomic E-state index is -0.0107. The molecule has 0 fully saturated rings.